The number of pyridine rings is 1. The number of fused-ring (bicyclic) bond motifs is 1. The van der Waals surface area contributed by atoms with Gasteiger partial charge in [-0.15, -0.1) is 11.8 Å². The van der Waals surface area contributed by atoms with Crippen LogP contribution >= 0.6 is 23.4 Å². The lowest BCUT2D eigenvalue weighted by Gasteiger charge is -2.08. The molecule has 1 aliphatic rings. The zero-order valence-electron chi connectivity index (χ0n) is 13.0. The molecular weight excluding hydrogens is 342 g/mol. The number of hydrogen-bond donors (Lipinski definition) is 1. The summed E-state index contributed by atoms with van der Waals surface area (Å²) < 4.78 is 0. The molecule has 0 spiro atoms. The third-order valence-corrected chi connectivity index (χ3v) is 5.17. The smallest absolute Gasteiger partial charge is 0.225 e. The fourth-order valence-corrected chi connectivity index (χ4v) is 3.76. The van der Waals surface area contributed by atoms with Crippen molar-refractivity contribution >= 4 is 35.0 Å². The summed E-state index contributed by atoms with van der Waals surface area (Å²) in [5, 5.41) is 13.3. The van der Waals surface area contributed by atoms with E-state index in [4.69, 9.17) is 11.6 Å². The average molecular weight is 358 g/mol. The Labute approximate surface area is 150 Å². The molecule has 1 N–H and O–H groups in total. The minimum Gasteiger partial charge on any atom is -0.325 e. The summed E-state index contributed by atoms with van der Waals surface area (Å²) in [6.07, 6.45) is 3.41. The Bertz CT molecular complexity index is 816. The molecular formula is C18H16ClN3OS. The lowest BCUT2D eigenvalue weighted by Crippen LogP contribution is -2.12. The Morgan fingerprint density at radius 2 is 2.21 bits per heavy atom. The van der Waals surface area contributed by atoms with E-state index in [1.165, 1.54) is 17.3 Å². The molecule has 0 fully saturated rings. The SMILES string of the molecule is N#Cc1cc2c(nc1SCCC(=O)Nc1ccccc1Cl)CCC2. The van der Waals surface area contributed by atoms with E-state index in [9.17, 15) is 10.1 Å². The number of amides is 1. The van der Waals surface area contributed by atoms with Crippen LogP contribution in [0.15, 0.2) is 35.4 Å². The first-order valence-electron chi connectivity index (χ1n) is 7.77. The van der Waals surface area contributed by atoms with Gasteiger partial charge in [-0.2, -0.15) is 5.26 Å². The highest BCUT2D eigenvalue weighted by atomic mass is 35.5. The van der Waals surface area contributed by atoms with Gasteiger partial charge in [0.25, 0.3) is 0 Å². The second-order valence-corrected chi connectivity index (χ2v) is 7.03. The van der Waals surface area contributed by atoms with Crippen LogP contribution in [0.5, 0.6) is 0 Å². The summed E-state index contributed by atoms with van der Waals surface area (Å²) in [6.45, 7) is 0. The lowest BCUT2D eigenvalue weighted by atomic mass is 10.2. The Kier molecular flexibility index (Phi) is 5.39. The zero-order valence-corrected chi connectivity index (χ0v) is 14.6. The van der Waals surface area contributed by atoms with Gasteiger partial charge in [0.1, 0.15) is 11.1 Å². The summed E-state index contributed by atoms with van der Waals surface area (Å²) in [4.78, 5) is 16.6. The van der Waals surface area contributed by atoms with E-state index in [0.717, 1.165) is 30.0 Å². The molecule has 0 atom stereocenters. The van der Waals surface area contributed by atoms with Crippen molar-refractivity contribution in [3.63, 3.8) is 0 Å². The van der Waals surface area contributed by atoms with Gasteiger partial charge in [-0.1, -0.05) is 23.7 Å². The molecule has 1 heterocycles. The molecule has 1 aromatic carbocycles. The van der Waals surface area contributed by atoms with Crippen LogP contribution in [0.3, 0.4) is 0 Å². The summed E-state index contributed by atoms with van der Waals surface area (Å²) in [7, 11) is 0. The number of carbonyl (C=O) groups excluding carboxylic acids is 1. The highest BCUT2D eigenvalue weighted by molar-refractivity contribution is 7.99. The maximum absolute atomic E-state index is 12.0. The number of hydrogen-bond acceptors (Lipinski definition) is 4. The third-order valence-electron chi connectivity index (χ3n) is 3.85. The number of rotatable bonds is 5. The monoisotopic (exact) mass is 357 g/mol. The molecule has 4 nitrogen and oxygen atoms in total. The minimum absolute atomic E-state index is 0.102. The van der Waals surface area contributed by atoms with Crippen LogP contribution in [-0.4, -0.2) is 16.6 Å². The number of anilines is 1. The largest absolute Gasteiger partial charge is 0.325 e. The molecule has 1 aliphatic carbocycles. The second kappa shape index (κ2) is 7.69. The molecule has 122 valence electrons. The Morgan fingerprint density at radius 3 is 3.00 bits per heavy atom. The number of nitrogens with one attached hydrogen (secondary N) is 1. The van der Waals surface area contributed by atoms with Crippen molar-refractivity contribution in [2.75, 3.05) is 11.1 Å². The predicted molar refractivity (Wildman–Crippen MR) is 96.4 cm³/mol. The topological polar surface area (TPSA) is 65.8 Å². The first-order valence-corrected chi connectivity index (χ1v) is 9.14. The molecule has 0 saturated heterocycles. The molecule has 0 bridgehead atoms. The molecule has 0 aliphatic heterocycles. The van der Waals surface area contributed by atoms with E-state index in [2.05, 4.69) is 16.4 Å². The van der Waals surface area contributed by atoms with Crippen molar-refractivity contribution < 1.29 is 4.79 Å². The number of para-hydroxylation sites is 1. The normalized spacial score (nSPS) is 12.5. The van der Waals surface area contributed by atoms with E-state index in [0.29, 0.717) is 28.4 Å². The van der Waals surface area contributed by atoms with Gasteiger partial charge in [0.05, 0.1) is 16.3 Å². The molecule has 6 heteroatoms. The predicted octanol–water partition coefficient (Wildman–Crippen LogP) is 4.22. The van der Waals surface area contributed by atoms with Gasteiger partial charge in [-0.25, -0.2) is 4.98 Å². The highest BCUT2D eigenvalue weighted by Crippen LogP contribution is 2.28. The molecule has 3 rings (SSSR count). The molecule has 0 saturated carbocycles. The van der Waals surface area contributed by atoms with Crippen molar-refractivity contribution in [1.82, 2.24) is 4.98 Å². The van der Waals surface area contributed by atoms with Crippen molar-refractivity contribution in [1.29, 1.82) is 5.26 Å². The van der Waals surface area contributed by atoms with Crippen LogP contribution in [0.2, 0.25) is 5.02 Å². The lowest BCUT2D eigenvalue weighted by molar-refractivity contribution is -0.115. The first kappa shape index (κ1) is 16.8. The van der Waals surface area contributed by atoms with Crippen LogP contribution in [0, 0.1) is 11.3 Å². The van der Waals surface area contributed by atoms with Crippen molar-refractivity contribution in [2.24, 2.45) is 0 Å². The minimum atomic E-state index is -0.102. The van der Waals surface area contributed by atoms with Gasteiger partial charge in [-0.05, 0) is 43.0 Å². The zero-order chi connectivity index (χ0) is 16.9. The van der Waals surface area contributed by atoms with Gasteiger partial charge in [-0.3, -0.25) is 4.79 Å². The quantitative estimate of drug-likeness (QED) is 0.814. The Balaban J connectivity index is 1.58. The number of aromatic nitrogens is 1. The molecule has 24 heavy (non-hydrogen) atoms. The summed E-state index contributed by atoms with van der Waals surface area (Å²) >= 11 is 7.48. The van der Waals surface area contributed by atoms with Crippen LogP contribution in [0.1, 0.15) is 29.7 Å². The number of aryl methyl sites for hydroxylation is 2. The van der Waals surface area contributed by atoms with E-state index < -0.39 is 0 Å². The first-order chi connectivity index (χ1) is 11.7. The van der Waals surface area contributed by atoms with Crippen molar-refractivity contribution in [2.45, 2.75) is 30.7 Å². The number of nitrogens with zero attached hydrogens (tertiary/aromatic N) is 2. The Morgan fingerprint density at radius 1 is 1.38 bits per heavy atom. The van der Waals surface area contributed by atoms with Crippen LogP contribution in [0.25, 0.3) is 0 Å². The van der Waals surface area contributed by atoms with Gasteiger partial charge in [0, 0.05) is 17.9 Å². The summed E-state index contributed by atoms with van der Waals surface area (Å²) in [5.41, 5.74) is 3.50. The van der Waals surface area contributed by atoms with Gasteiger partial charge in [0.2, 0.25) is 5.91 Å². The molecule has 1 amide bonds. The number of thioether (sulfide) groups is 1. The standard InChI is InChI=1S/C18H16ClN3OS/c19-14-5-1-2-6-16(14)21-17(23)8-9-24-18-13(11-20)10-12-4-3-7-15(12)22-18/h1-2,5-6,10H,3-4,7-9H2,(H,21,23). The van der Waals surface area contributed by atoms with Crippen molar-refractivity contribution in [3.05, 3.63) is 52.2 Å². The van der Waals surface area contributed by atoms with Gasteiger partial charge in [0.15, 0.2) is 0 Å². The number of benzene rings is 1. The third kappa shape index (κ3) is 3.89. The number of carbonyl (C=O) groups is 1. The van der Waals surface area contributed by atoms with E-state index in [-0.39, 0.29) is 5.91 Å². The second-order valence-electron chi connectivity index (χ2n) is 5.54. The fraction of sp³-hybridized carbons (Fsp3) is 0.278. The van der Waals surface area contributed by atoms with Gasteiger partial charge < -0.3 is 5.32 Å². The average Bonchev–Trinajstić information content (AvgIpc) is 3.03. The summed E-state index contributed by atoms with van der Waals surface area (Å²) in [6, 6.07) is 11.3. The summed E-state index contributed by atoms with van der Waals surface area (Å²) in [5.74, 6) is 0.465. The van der Waals surface area contributed by atoms with Crippen LogP contribution < -0.4 is 5.32 Å². The maximum Gasteiger partial charge on any atom is 0.225 e. The molecule has 0 radical (unpaired) electrons. The fourth-order valence-electron chi connectivity index (χ4n) is 2.66. The van der Waals surface area contributed by atoms with E-state index in [1.54, 1.807) is 12.1 Å². The van der Waals surface area contributed by atoms with Gasteiger partial charge >= 0.3 is 0 Å². The van der Waals surface area contributed by atoms with Crippen molar-refractivity contribution in [3.8, 4) is 6.07 Å². The van der Waals surface area contributed by atoms with Crippen LogP contribution in [0.4, 0.5) is 5.69 Å². The molecule has 1 aromatic heterocycles. The number of halogens is 1. The molecule has 2 aromatic rings. The van der Waals surface area contributed by atoms with E-state index >= 15 is 0 Å². The Hall–Kier alpha value is -2.03. The molecule has 0 unspecified atom stereocenters. The highest BCUT2D eigenvalue weighted by Gasteiger charge is 2.17. The van der Waals surface area contributed by atoms with E-state index in [1.807, 2.05) is 18.2 Å². The number of nitriles is 1. The maximum atomic E-state index is 12.0. The van der Waals surface area contributed by atoms with Crippen LogP contribution in [-0.2, 0) is 17.6 Å².